The van der Waals surface area contributed by atoms with E-state index in [0.29, 0.717) is 32.4 Å². The summed E-state index contributed by atoms with van der Waals surface area (Å²) in [4.78, 5) is 14.9. The van der Waals surface area contributed by atoms with E-state index < -0.39 is 10.0 Å². The smallest absolute Gasteiger partial charge is 0.222 e. The summed E-state index contributed by atoms with van der Waals surface area (Å²) in [5.74, 6) is 0.994. The molecule has 0 saturated carbocycles. The third kappa shape index (κ3) is 5.15. The predicted octanol–water partition coefficient (Wildman–Crippen LogP) is 3.76. The first-order valence-electron chi connectivity index (χ1n) is 11.6. The molecule has 0 bridgehead atoms. The van der Waals surface area contributed by atoms with E-state index in [0.717, 1.165) is 41.7 Å². The van der Waals surface area contributed by atoms with Gasteiger partial charge in [0.25, 0.3) is 0 Å². The first-order chi connectivity index (χ1) is 15.5. The Hall–Kier alpha value is -2.38. The number of sulfonamides is 1. The van der Waals surface area contributed by atoms with Crippen molar-refractivity contribution in [1.82, 2.24) is 9.62 Å². The van der Waals surface area contributed by atoms with E-state index in [9.17, 15) is 13.2 Å². The van der Waals surface area contributed by atoms with Gasteiger partial charge in [-0.15, -0.1) is 0 Å². The first-order valence-corrected chi connectivity index (χ1v) is 13.2. The largest absolute Gasteiger partial charge is 0.493 e. The zero-order valence-corrected chi connectivity index (χ0v) is 19.4. The molecular formula is C25H32N2O4S. The van der Waals surface area contributed by atoms with Crippen LogP contribution in [0.5, 0.6) is 5.75 Å². The average Bonchev–Trinajstić information content (AvgIpc) is 3.17. The molecular weight excluding hydrogens is 424 g/mol. The molecule has 6 nitrogen and oxygen atoms in total. The van der Waals surface area contributed by atoms with Gasteiger partial charge in [-0.05, 0) is 50.2 Å². The zero-order valence-electron chi connectivity index (χ0n) is 18.6. The van der Waals surface area contributed by atoms with E-state index in [2.05, 4.69) is 22.9 Å². The van der Waals surface area contributed by atoms with Crippen LogP contribution in [0.4, 0.5) is 0 Å². The van der Waals surface area contributed by atoms with E-state index in [1.165, 1.54) is 0 Å². The third-order valence-corrected chi connectivity index (χ3v) is 7.89. The zero-order chi connectivity index (χ0) is 22.6. The highest BCUT2D eigenvalue weighted by Gasteiger charge is 2.39. The van der Waals surface area contributed by atoms with Crippen molar-refractivity contribution in [2.24, 2.45) is 0 Å². The Kier molecular flexibility index (Phi) is 7.16. The lowest BCUT2D eigenvalue weighted by Gasteiger charge is -2.30. The van der Waals surface area contributed by atoms with Crippen LogP contribution in [0.3, 0.4) is 0 Å². The van der Waals surface area contributed by atoms with Crippen LogP contribution in [0.25, 0.3) is 11.1 Å². The van der Waals surface area contributed by atoms with Crippen molar-refractivity contribution in [3.63, 3.8) is 0 Å². The van der Waals surface area contributed by atoms with Gasteiger partial charge >= 0.3 is 0 Å². The van der Waals surface area contributed by atoms with Crippen LogP contribution in [-0.2, 0) is 21.2 Å². The highest BCUT2D eigenvalue weighted by Crippen LogP contribution is 2.36. The Morgan fingerprint density at radius 3 is 2.66 bits per heavy atom. The number of carbonyl (C=O) groups excluding carboxylic acids is 1. The average molecular weight is 457 g/mol. The van der Waals surface area contributed by atoms with Crippen LogP contribution in [0, 0.1) is 0 Å². The van der Waals surface area contributed by atoms with Crippen molar-refractivity contribution in [2.75, 3.05) is 18.9 Å². The molecule has 7 heteroatoms. The number of fused-ring (bicyclic) bond motifs is 2. The fourth-order valence-corrected chi connectivity index (χ4v) is 5.63. The first kappa shape index (κ1) is 22.8. The van der Waals surface area contributed by atoms with Gasteiger partial charge in [0.1, 0.15) is 5.75 Å². The minimum absolute atomic E-state index is 0.0298. The molecule has 0 radical (unpaired) electrons. The van der Waals surface area contributed by atoms with Crippen LogP contribution in [-0.4, -0.2) is 50.2 Å². The number of nitrogens with one attached hydrogen (secondary N) is 1. The molecule has 1 N–H and O–H groups in total. The Morgan fingerprint density at radius 2 is 1.88 bits per heavy atom. The second kappa shape index (κ2) is 10.0. The van der Waals surface area contributed by atoms with Gasteiger partial charge < -0.3 is 9.64 Å². The standard InChI is InChI=1S/C25H32N2O4S/c1-2-32(29,30)26-22-15-16-27-23(22)18-20-12-9-13-21(19-10-5-3-6-11-19)25(20)31-17-8-4-7-14-24(27)28/h3,5-6,9-13,22-23,26H,2,4,7-8,14-18H2,1H3/t22-,23-/m1/s1. The van der Waals surface area contributed by atoms with Crippen molar-refractivity contribution in [3.8, 4) is 16.9 Å². The molecule has 2 atom stereocenters. The van der Waals surface area contributed by atoms with Gasteiger partial charge in [0.2, 0.25) is 15.9 Å². The Morgan fingerprint density at radius 1 is 1.06 bits per heavy atom. The summed E-state index contributed by atoms with van der Waals surface area (Å²) >= 11 is 0. The molecule has 0 aromatic heterocycles. The number of rotatable bonds is 4. The minimum Gasteiger partial charge on any atom is -0.493 e. The van der Waals surface area contributed by atoms with Crippen LogP contribution in [0.1, 0.15) is 44.6 Å². The van der Waals surface area contributed by atoms with E-state index in [-0.39, 0.29) is 23.7 Å². The lowest BCUT2D eigenvalue weighted by atomic mass is 9.95. The molecule has 2 aliphatic heterocycles. The molecule has 1 fully saturated rings. The maximum Gasteiger partial charge on any atom is 0.222 e. The minimum atomic E-state index is -3.37. The molecule has 2 aliphatic rings. The van der Waals surface area contributed by atoms with Gasteiger partial charge in [0.15, 0.2) is 0 Å². The van der Waals surface area contributed by atoms with E-state index in [1.807, 2.05) is 35.2 Å². The second-order valence-corrected chi connectivity index (χ2v) is 10.6. The summed E-state index contributed by atoms with van der Waals surface area (Å²) in [5, 5.41) is 0. The highest BCUT2D eigenvalue weighted by molar-refractivity contribution is 7.89. The quantitative estimate of drug-likeness (QED) is 0.760. The van der Waals surface area contributed by atoms with Crippen LogP contribution < -0.4 is 9.46 Å². The predicted molar refractivity (Wildman–Crippen MR) is 126 cm³/mol. The fraction of sp³-hybridized carbons (Fsp3) is 0.480. The molecule has 4 rings (SSSR count). The van der Waals surface area contributed by atoms with Crippen molar-refractivity contribution in [1.29, 1.82) is 0 Å². The summed E-state index contributed by atoms with van der Waals surface area (Å²) < 4.78 is 33.9. The lowest BCUT2D eigenvalue weighted by molar-refractivity contribution is -0.132. The Balaban J connectivity index is 1.73. The van der Waals surface area contributed by atoms with Gasteiger partial charge in [0, 0.05) is 24.6 Å². The topological polar surface area (TPSA) is 75.7 Å². The summed E-state index contributed by atoms with van der Waals surface area (Å²) in [6, 6.07) is 15.8. The number of ether oxygens (including phenoxy) is 1. The molecule has 172 valence electrons. The van der Waals surface area contributed by atoms with Gasteiger partial charge in [0.05, 0.1) is 18.4 Å². The summed E-state index contributed by atoms with van der Waals surface area (Å²) in [6.45, 7) is 2.82. The normalized spacial score (nSPS) is 22.3. The van der Waals surface area contributed by atoms with Crippen molar-refractivity contribution in [3.05, 3.63) is 54.1 Å². The molecule has 1 amide bonds. The Labute approximate surface area is 191 Å². The maximum atomic E-state index is 13.0. The Bertz CT molecular complexity index is 1040. The van der Waals surface area contributed by atoms with Crippen LogP contribution >= 0.6 is 0 Å². The molecule has 2 aromatic rings. The summed E-state index contributed by atoms with van der Waals surface area (Å²) in [7, 11) is -3.37. The lowest BCUT2D eigenvalue weighted by Crippen LogP contribution is -2.48. The summed E-state index contributed by atoms with van der Waals surface area (Å²) in [5.41, 5.74) is 3.12. The van der Waals surface area contributed by atoms with Crippen LogP contribution in [0.2, 0.25) is 0 Å². The van der Waals surface area contributed by atoms with E-state index >= 15 is 0 Å². The van der Waals surface area contributed by atoms with Gasteiger partial charge in [-0.25, -0.2) is 13.1 Å². The number of hydrogen-bond donors (Lipinski definition) is 1. The molecule has 32 heavy (non-hydrogen) atoms. The SMILES string of the molecule is CCS(=O)(=O)N[C@@H]1CCN2C(=O)CCCCCOc3c(cccc3-c3ccccc3)C[C@H]12. The third-order valence-electron chi connectivity index (χ3n) is 6.47. The number of hydrogen-bond acceptors (Lipinski definition) is 4. The number of para-hydroxylation sites is 1. The number of amides is 1. The molecule has 0 spiro atoms. The maximum absolute atomic E-state index is 13.0. The molecule has 1 saturated heterocycles. The molecule has 0 unspecified atom stereocenters. The van der Waals surface area contributed by atoms with Gasteiger partial charge in [-0.3, -0.25) is 4.79 Å². The molecule has 0 aliphatic carbocycles. The highest BCUT2D eigenvalue weighted by atomic mass is 32.2. The monoisotopic (exact) mass is 456 g/mol. The van der Waals surface area contributed by atoms with Gasteiger partial charge in [-0.2, -0.15) is 0 Å². The van der Waals surface area contributed by atoms with Crippen LogP contribution in [0.15, 0.2) is 48.5 Å². The van der Waals surface area contributed by atoms with Crippen molar-refractivity contribution >= 4 is 15.9 Å². The van der Waals surface area contributed by atoms with E-state index in [1.54, 1.807) is 6.92 Å². The molecule has 2 heterocycles. The van der Waals surface area contributed by atoms with E-state index in [4.69, 9.17) is 4.74 Å². The van der Waals surface area contributed by atoms with Crippen molar-refractivity contribution in [2.45, 2.75) is 57.5 Å². The van der Waals surface area contributed by atoms with Gasteiger partial charge in [-0.1, -0.05) is 48.5 Å². The summed E-state index contributed by atoms with van der Waals surface area (Å²) in [6.07, 6.45) is 4.34. The fourth-order valence-electron chi connectivity index (χ4n) is 4.73. The number of nitrogens with zero attached hydrogens (tertiary/aromatic N) is 1. The van der Waals surface area contributed by atoms with Crippen molar-refractivity contribution < 1.29 is 17.9 Å². The second-order valence-electron chi connectivity index (χ2n) is 8.59. The number of benzene rings is 2. The number of carbonyl (C=O) groups is 1. The molecule has 2 aromatic carbocycles.